The van der Waals surface area contributed by atoms with Crippen LogP contribution in [-0.4, -0.2) is 49.9 Å². The Bertz CT molecular complexity index is 1590. The highest BCUT2D eigenvalue weighted by atomic mass is 19.4. The summed E-state index contributed by atoms with van der Waals surface area (Å²) in [6.45, 7) is 11.8. The predicted molar refractivity (Wildman–Crippen MR) is 158 cm³/mol. The number of amides is 1. The van der Waals surface area contributed by atoms with Crippen LogP contribution in [-0.2, 0) is 18.0 Å². The maximum atomic E-state index is 13.8. The third-order valence-electron chi connectivity index (χ3n) is 8.62. The van der Waals surface area contributed by atoms with Crippen molar-refractivity contribution in [3.8, 4) is 5.75 Å². The third kappa shape index (κ3) is 5.24. The van der Waals surface area contributed by atoms with Crippen molar-refractivity contribution in [3.63, 3.8) is 0 Å². The Morgan fingerprint density at radius 3 is 2.38 bits per heavy atom. The number of nitrogens with zero attached hydrogens (tertiary/aromatic N) is 2. The van der Waals surface area contributed by atoms with Gasteiger partial charge in [0.15, 0.2) is 5.78 Å². The minimum Gasteiger partial charge on any atom is -0.492 e. The first-order valence-electron chi connectivity index (χ1n) is 14.2. The van der Waals surface area contributed by atoms with E-state index >= 15 is 0 Å². The highest BCUT2D eigenvalue weighted by molar-refractivity contribution is 6.33. The zero-order valence-corrected chi connectivity index (χ0v) is 24.6. The molecule has 3 aromatic rings. The molecule has 0 unspecified atom stereocenters. The van der Waals surface area contributed by atoms with E-state index in [1.165, 1.54) is 17.0 Å². The van der Waals surface area contributed by atoms with Crippen LogP contribution in [0, 0.1) is 0 Å². The average molecular weight is 577 g/mol. The Balaban J connectivity index is 1.39. The lowest BCUT2D eigenvalue weighted by Gasteiger charge is -2.34. The van der Waals surface area contributed by atoms with E-state index in [4.69, 9.17) is 4.74 Å². The van der Waals surface area contributed by atoms with Crippen LogP contribution >= 0.6 is 0 Å². The molecule has 0 fully saturated rings. The van der Waals surface area contributed by atoms with Crippen LogP contribution in [0.5, 0.6) is 5.75 Å². The van der Waals surface area contributed by atoms with Gasteiger partial charge < -0.3 is 14.5 Å². The van der Waals surface area contributed by atoms with Crippen molar-refractivity contribution in [3.05, 3.63) is 99.6 Å². The second-order valence-electron chi connectivity index (χ2n) is 11.4. The average Bonchev–Trinajstić information content (AvgIpc) is 3.37. The largest absolute Gasteiger partial charge is 0.492 e. The Morgan fingerprint density at radius 2 is 1.69 bits per heavy atom. The third-order valence-corrected chi connectivity index (χ3v) is 8.62. The van der Waals surface area contributed by atoms with Crippen LogP contribution in [0.3, 0.4) is 0 Å². The fraction of sp³-hybridized carbons (Fsp3) is 0.353. The molecule has 0 spiro atoms. The lowest BCUT2D eigenvalue weighted by molar-refractivity contribution is -0.137. The smallest absolute Gasteiger partial charge is 0.416 e. The summed E-state index contributed by atoms with van der Waals surface area (Å²) in [4.78, 5) is 30.6. The summed E-state index contributed by atoms with van der Waals surface area (Å²) in [7, 11) is 1.54. The normalized spacial score (nSPS) is 15.4. The molecule has 0 aliphatic heterocycles. The number of allylic oxidation sites excluding steroid dienone is 2. The van der Waals surface area contributed by atoms with Crippen LogP contribution in [0.2, 0.25) is 0 Å². The van der Waals surface area contributed by atoms with E-state index in [2.05, 4.69) is 32.6 Å². The molecule has 220 valence electrons. The van der Waals surface area contributed by atoms with Gasteiger partial charge in [-0.1, -0.05) is 39.8 Å². The first kappa shape index (κ1) is 29.6. The van der Waals surface area contributed by atoms with E-state index in [9.17, 15) is 22.8 Å². The van der Waals surface area contributed by atoms with Crippen molar-refractivity contribution in [2.24, 2.45) is 0 Å². The fourth-order valence-corrected chi connectivity index (χ4v) is 6.01. The molecule has 42 heavy (non-hydrogen) atoms. The number of ketones is 1. The number of carbonyl (C=O) groups is 2. The van der Waals surface area contributed by atoms with Crippen LogP contribution in [0.4, 0.5) is 18.9 Å². The molecule has 1 amide bonds. The SMILES string of the molecule is CCN(CC)CCOc1ccc2c(c1)C(C)(C)C1=C(C2=O)c2ccc(N(C)C(=O)c3cccc(C(F)(F)F)c3)cc2C1. The standard InChI is InChI=1S/C34H35F3N2O3/c1-6-39(7-2)15-16-42-25-12-14-27-28(20-25)33(3,4)29-19-22-18-24(11-13-26(22)30(29)31(27)40)38(5)32(41)21-9-8-10-23(17-21)34(35,36)37/h8-14,17-18,20H,6-7,15-16,19H2,1-5H3. The molecule has 0 aromatic heterocycles. The molecule has 5 nitrogen and oxygen atoms in total. The molecule has 2 aliphatic carbocycles. The topological polar surface area (TPSA) is 49.9 Å². The summed E-state index contributed by atoms with van der Waals surface area (Å²) in [5, 5.41) is 0. The molecule has 3 aromatic carbocycles. The number of hydrogen-bond donors (Lipinski definition) is 0. The number of alkyl halides is 3. The van der Waals surface area contributed by atoms with E-state index in [0.717, 1.165) is 59.8 Å². The van der Waals surface area contributed by atoms with Crippen LogP contribution < -0.4 is 9.64 Å². The number of rotatable bonds is 8. The fourth-order valence-electron chi connectivity index (χ4n) is 6.01. The van der Waals surface area contributed by atoms with Gasteiger partial charge in [0, 0.05) is 41.4 Å². The molecular weight excluding hydrogens is 541 g/mol. The van der Waals surface area contributed by atoms with E-state index in [1.54, 1.807) is 13.1 Å². The highest BCUT2D eigenvalue weighted by Gasteiger charge is 2.43. The van der Waals surface area contributed by atoms with Gasteiger partial charge in [-0.15, -0.1) is 0 Å². The van der Waals surface area contributed by atoms with Crippen molar-refractivity contribution in [2.45, 2.75) is 45.7 Å². The number of ether oxygens (including phenoxy) is 1. The van der Waals surface area contributed by atoms with Crippen molar-refractivity contribution in [2.75, 3.05) is 38.2 Å². The second-order valence-corrected chi connectivity index (χ2v) is 11.4. The number of Topliss-reactive ketones (excluding diaryl/α,β-unsaturated/α-hetero) is 1. The zero-order valence-electron chi connectivity index (χ0n) is 24.6. The lowest BCUT2D eigenvalue weighted by Crippen LogP contribution is -2.30. The monoisotopic (exact) mass is 576 g/mol. The highest BCUT2D eigenvalue weighted by Crippen LogP contribution is 2.50. The number of carbonyl (C=O) groups excluding carboxylic acids is 2. The van der Waals surface area contributed by atoms with E-state index < -0.39 is 23.1 Å². The minimum absolute atomic E-state index is 0.0334. The van der Waals surface area contributed by atoms with E-state index in [0.29, 0.717) is 29.9 Å². The first-order valence-corrected chi connectivity index (χ1v) is 14.2. The molecule has 0 N–H and O–H groups in total. The number of likely N-dealkylation sites (N-methyl/N-ethyl adjacent to an activating group) is 1. The molecule has 5 rings (SSSR count). The molecule has 0 saturated carbocycles. The Hall–Kier alpha value is -3.91. The summed E-state index contributed by atoms with van der Waals surface area (Å²) in [5.41, 5.74) is 4.22. The second kappa shape index (κ2) is 11.1. The summed E-state index contributed by atoms with van der Waals surface area (Å²) in [6, 6.07) is 15.5. The number of anilines is 1. The zero-order chi connectivity index (χ0) is 30.4. The van der Waals surface area contributed by atoms with Gasteiger partial charge in [0.1, 0.15) is 12.4 Å². The van der Waals surface area contributed by atoms with Gasteiger partial charge in [-0.3, -0.25) is 9.59 Å². The van der Waals surface area contributed by atoms with Gasteiger partial charge in [0.25, 0.3) is 5.91 Å². The Kier molecular flexibility index (Phi) is 7.79. The number of halogens is 3. The van der Waals surface area contributed by atoms with Crippen LogP contribution in [0.25, 0.3) is 5.57 Å². The summed E-state index contributed by atoms with van der Waals surface area (Å²) >= 11 is 0. The van der Waals surface area contributed by atoms with Gasteiger partial charge in [-0.05, 0) is 90.3 Å². The van der Waals surface area contributed by atoms with Crippen molar-refractivity contribution < 1.29 is 27.5 Å². The molecule has 0 bridgehead atoms. The molecule has 8 heteroatoms. The molecule has 0 heterocycles. The molecular formula is C34H35F3N2O3. The maximum Gasteiger partial charge on any atom is 0.416 e. The Morgan fingerprint density at radius 1 is 0.976 bits per heavy atom. The van der Waals surface area contributed by atoms with E-state index in [-0.39, 0.29) is 11.3 Å². The van der Waals surface area contributed by atoms with E-state index in [1.807, 2.05) is 30.3 Å². The molecule has 0 atom stereocenters. The molecule has 2 aliphatic rings. The number of fused-ring (bicyclic) bond motifs is 3. The van der Waals surface area contributed by atoms with Crippen molar-refractivity contribution in [1.29, 1.82) is 0 Å². The summed E-state index contributed by atoms with van der Waals surface area (Å²) in [6.07, 6.45) is -4.00. The summed E-state index contributed by atoms with van der Waals surface area (Å²) < 4.78 is 45.7. The number of hydrogen-bond acceptors (Lipinski definition) is 4. The predicted octanol–water partition coefficient (Wildman–Crippen LogP) is 7.19. The van der Waals surface area contributed by atoms with Gasteiger partial charge in [-0.25, -0.2) is 0 Å². The number of benzene rings is 3. The maximum absolute atomic E-state index is 13.8. The van der Waals surface area contributed by atoms with Crippen LogP contribution in [0.15, 0.2) is 66.2 Å². The van der Waals surface area contributed by atoms with Gasteiger partial charge in [-0.2, -0.15) is 13.2 Å². The molecule has 0 saturated heterocycles. The minimum atomic E-state index is -4.54. The van der Waals surface area contributed by atoms with Crippen molar-refractivity contribution >= 4 is 23.0 Å². The van der Waals surface area contributed by atoms with Crippen molar-refractivity contribution in [1.82, 2.24) is 4.90 Å². The summed E-state index contributed by atoms with van der Waals surface area (Å²) in [5.74, 6) is 0.154. The molecule has 0 radical (unpaired) electrons. The van der Waals surface area contributed by atoms with Gasteiger partial charge in [0.05, 0.1) is 5.56 Å². The van der Waals surface area contributed by atoms with Gasteiger partial charge in [0.2, 0.25) is 0 Å². The quantitative estimate of drug-likeness (QED) is 0.285. The lowest BCUT2D eigenvalue weighted by atomic mass is 9.68. The van der Waals surface area contributed by atoms with Crippen LogP contribution in [0.1, 0.15) is 70.7 Å². The van der Waals surface area contributed by atoms with Gasteiger partial charge >= 0.3 is 6.18 Å². The first-order chi connectivity index (χ1) is 19.9. The Labute approximate surface area is 244 Å².